The number of nitrogens with zero attached hydrogens (tertiary/aromatic N) is 3. The Morgan fingerprint density at radius 1 is 0.925 bits per heavy atom. The first kappa shape index (κ1) is 46.7. The van der Waals surface area contributed by atoms with E-state index in [2.05, 4.69) is 21.3 Å². The summed E-state index contributed by atoms with van der Waals surface area (Å²) in [5, 5.41) is 22.9. The largest absolute Gasteiger partial charge is 0.458 e. The monoisotopic (exact) mass is 924 g/mol. The number of hydrogen-bond donors (Lipinski definition) is 6. The van der Waals surface area contributed by atoms with Gasteiger partial charge in [0.1, 0.15) is 30.5 Å². The molecule has 0 saturated heterocycles. The predicted octanol–water partition coefficient (Wildman–Crippen LogP) is 1.12. The maximum Gasteiger partial charge on any atom is 0.343 e. The third-order valence-electron chi connectivity index (χ3n) is 14.1. The number of rotatable bonds is 14. The van der Waals surface area contributed by atoms with Crippen molar-refractivity contribution in [2.24, 2.45) is 17.6 Å². The predicted molar refractivity (Wildman–Crippen MR) is 235 cm³/mol. The summed E-state index contributed by atoms with van der Waals surface area (Å²) in [7, 11) is 0. The first-order valence-electron chi connectivity index (χ1n) is 22.7. The van der Waals surface area contributed by atoms with Gasteiger partial charge in [0.2, 0.25) is 29.5 Å². The number of pyridine rings is 2. The third-order valence-corrected chi connectivity index (χ3v) is 14.1. The van der Waals surface area contributed by atoms with Crippen LogP contribution in [0.25, 0.3) is 22.3 Å². The molecular formula is C47H53FN8O11. The standard InChI is InChI=1S/C47H53FN8O11/c1-5-47(66)29-16-34-40-27(19-55(34)45(64)28(29)20-67-46(47)65)39-31(11-10-26-21(2)30(48)17-33(52-40)38(26)39)53-44(63)32(12-13-35(49)57)54-42(61)23(4)50-41(60)22(3)51-43(62)25-8-6-24(7-9-25)18-56-36(58)14-15-37(56)59/h14-17,22-25,31-32,66H,5-13,18-20H2,1-4H3,(H2,49,57)(H,50,60)(H,51,62)(H,53,63)(H,54,61)/t22-,23-,24?,25?,31-,32-,47-/m0/s1. The molecule has 354 valence electrons. The number of fused-ring (bicyclic) bond motifs is 5. The van der Waals surface area contributed by atoms with Crippen molar-refractivity contribution in [1.29, 1.82) is 0 Å². The van der Waals surface area contributed by atoms with Gasteiger partial charge in [0, 0.05) is 53.6 Å². The van der Waals surface area contributed by atoms with Crippen LogP contribution in [0, 0.1) is 24.6 Å². The van der Waals surface area contributed by atoms with Crippen molar-refractivity contribution in [3.05, 3.63) is 73.8 Å². The van der Waals surface area contributed by atoms with Crippen LogP contribution in [0.15, 0.2) is 29.1 Å². The minimum atomic E-state index is -2.08. The van der Waals surface area contributed by atoms with Crippen LogP contribution >= 0.6 is 0 Å². The van der Waals surface area contributed by atoms with E-state index < -0.39 is 70.7 Å². The molecule has 5 heterocycles. The van der Waals surface area contributed by atoms with Gasteiger partial charge >= 0.3 is 5.97 Å². The zero-order valence-corrected chi connectivity index (χ0v) is 37.6. The van der Waals surface area contributed by atoms with Crippen molar-refractivity contribution < 1.29 is 52.6 Å². The first-order chi connectivity index (χ1) is 31.8. The molecule has 7 amide bonds. The van der Waals surface area contributed by atoms with Crippen LogP contribution < -0.4 is 32.6 Å². The third kappa shape index (κ3) is 8.58. The van der Waals surface area contributed by atoms with Crippen molar-refractivity contribution in [1.82, 2.24) is 35.7 Å². The zero-order valence-electron chi connectivity index (χ0n) is 37.6. The Labute approximate surface area is 383 Å². The minimum Gasteiger partial charge on any atom is -0.458 e. The molecule has 1 fully saturated rings. The summed E-state index contributed by atoms with van der Waals surface area (Å²) >= 11 is 0. The summed E-state index contributed by atoms with van der Waals surface area (Å²) in [6.07, 6.45) is 4.76. The number of aromatic nitrogens is 2. The molecule has 0 bridgehead atoms. The van der Waals surface area contributed by atoms with Crippen LogP contribution in [-0.2, 0) is 68.3 Å². The number of ether oxygens (including phenoxy) is 1. The van der Waals surface area contributed by atoms with Crippen molar-refractivity contribution in [3.63, 3.8) is 0 Å². The van der Waals surface area contributed by atoms with Crippen molar-refractivity contribution in [3.8, 4) is 11.4 Å². The van der Waals surface area contributed by atoms with E-state index in [0.29, 0.717) is 71.1 Å². The number of carbonyl (C=O) groups excluding carboxylic acids is 8. The number of esters is 1. The number of imide groups is 1. The number of nitrogens with two attached hydrogens (primary N) is 1. The van der Waals surface area contributed by atoms with E-state index in [1.54, 1.807) is 19.9 Å². The van der Waals surface area contributed by atoms with Crippen LogP contribution in [0.5, 0.6) is 0 Å². The fourth-order valence-corrected chi connectivity index (χ4v) is 10.1. The number of benzene rings is 1. The topological polar surface area (TPSA) is 278 Å². The number of nitrogens with one attached hydrogen (secondary N) is 4. The smallest absolute Gasteiger partial charge is 0.343 e. The summed E-state index contributed by atoms with van der Waals surface area (Å²) in [6, 6.07) is -1.49. The van der Waals surface area contributed by atoms with E-state index in [1.165, 1.54) is 41.5 Å². The van der Waals surface area contributed by atoms with Gasteiger partial charge in [0.05, 0.1) is 35.1 Å². The second-order valence-corrected chi connectivity index (χ2v) is 18.3. The molecule has 20 heteroatoms. The quantitative estimate of drug-likeness (QED) is 0.0767. The average molecular weight is 925 g/mol. The van der Waals surface area contributed by atoms with Crippen LogP contribution in [0.1, 0.15) is 112 Å². The SMILES string of the molecule is CC[C@@]1(O)C(=O)OCc2c1cc1n(c2=O)Cc2c-1nc1cc(F)c(C)c3c1c2[C@@H](NC(=O)[C@H](CCC(N)=O)NC(=O)[C@H](C)NC(=O)[C@H](C)NC(=O)C1CCC(CN2C(=O)C=CC2=O)CC1)CC3. The molecule has 5 aliphatic rings. The normalized spacial score (nSPS) is 22.8. The molecule has 1 aromatic carbocycles. The molecule has 0 radical (unpaired) electrons. The van der Waals surface area contributed by atoms with Crippen LogP contribution in [-0.4, -0.2) is 91.5 Å². The van der Waals surface area contributed by atoms with Gasteiger partial charge in [-0.25, -0.2) is 14.2 Å². The van der Waals surface area contributed by atoms with E-state index in [-0.39, 0.29) is 91.6 Å². The lowest BCUT2D eigenvalue weighted by atomic mass is 9.81. The molecule has 2 aliphatic carbocycles. The molecule has 3 aliphatic heterocycles. The van der Waals surface area contributed by atoms with E-state index in [1.807, 2.05) is 0 Å². The lowest BCUT2D eigenvalue weighted by molar-refractivity contribution is -0.172. The summed E-state index contributed by atoms with van der Waals surface area (Å²) in [5.41, 5.74) is 6.18. The van der Waals surface area contributed by atoms with E-state index in [0.717, 1.165) is 0 Å². The fraction of sp³-hybridized carbons (Fsp3) is 0.489. The number of hydrogen-bond acceptors (Lipinski definition) is 12. The molecule has 0 spiro atoms. The summed E-state index contributed by atoms with van der Waals surface area (Å²) in [4.78, 5) is 123. The minimum absolute atomic E-state index is 0.00185. The van der Waals surface area contributed by atoms with E-state index >= 15 is 4.39 Å². The molecule has 3 aromatic rings. The van der Waals surface area contributed by atoms with Crippen molar-refractivity contribution in [2.45, 2.75) is 128 Å². The van der Waals surface area contributed by atoms with Crippen LogP contribution in [0.2, 0.25) is 0 Å². The molecular weight excluding hydrogens is 872 g/mol. The Bertz CT molecular complexity index is 2740. The first-order valence-corrected chi connectivity index (χ1v) is 22.7. The Balaban J connectivity index is 0.967. The van der Waals surface area contributed by atoms with Crippen LogP contribution in [0.4, 0.5) is 4.39 Å². The average Bonchev–Trinajstić information content (AvgIpc) is 3.83. The number of halogens is 1. The highest BCUT2D eigenvalue weighted by atomic mass is 19.1. The Hall–Kier alpha value is -6.83. The van der Waals surface area contributed by atoms with Gasteiger partial charge in [0.15, 0.2) is 5.60 Å². The summed E-state index contributed by atoms with van der Waals surface area (Å²) < 4.78 is 22.1. The maximum atomic E-state index is 15.5. The molecule has 5 atom stereocenters. The van der Waals surface area contributed by atoms with Gasteiger partial charge in [-0.3, -0.25) is 43.3 Å². The highest BCUT2D eigenvalue weighted by Crippen LogP contribution is 2.46. The maximum absolute atomic E-state index is 15.5. The molecule has 1 saturated carbocycles. The summed E-state index contributed by atoms with van der Waals surface area (Å²) in [6.45, 7) is 6.05. The molecule has 0 unspecified atom stereocenters. The number of aryl methyl sites for hydroxylation is 1. The second-order valence-electron chi connectivity index (χ2n) is 18.3. The van der Waals surface area contributed by atoms with Gasteiger partial charge < -0.3 is 41.4 Å². The van der Waals surface area contributed by atoms with Gasteiger partial charge in [-0.15, -0.1) is 0 Å². The lowest BCUT2D eigenvalue weighted by Crippen LogP contribution is -2.56. The van der Waals surface area contributed by atoms with E-state index in [4.69, 9.17) is 15.5 Å². The lowest BCUT2D eigenvalue weighted by Gasteiger charge is -2.31. The number of amides is 7. The fourth-order valence-electron chi connectivity index (χ4n) is 10.1. The highest BCUT2D eigenvalue weighted by Gasteiger charge is 2.46. The molecule has 19 nitrogen and oxygen atoms in total. The Morgan fingerprint density at radius 2 is 1.60 bits per heavy atom. The van der Waals surface area contributed by atoms with Gasteiger partial charge in [0.25, 0.3) is 17.4 Å². The van der Waals surface area contributed by atoms with Gasteiger partial charge in [-0.05, 0) is 101 Å². The molecule has 8 rings (SSSR count). The Morgan fingerprint density at radius 3 is 2.27 bits per heavy atom. The van der Waals surface area contributed by atoms with Gasteiger partial charge in [-0.1, -0.05) is 6.92 Å². The Kier molecular flexibility index (Phi) is 12.6. The van der Waals surface area contributed by atoms with Crippen molar-refractivity contribution in [2.75, 3.05) is 6.54 Å². The zero-order chi connectivity index (χ0) is 48.2. The highest BCUT2D eigenvalue weighted by molar-refractivity contribution is 6.12. The number of cyclic esters (lactones) is 1. The number of carbonyl (C=O) groups is 8. The second kappa shape index (κ2) is 18.1. The number of primary amides is 1. The van der Waals surface area contributed by atoms with Crippen LogP contribution in [0.3, 0.4) is 0 Å². The van der Waals surface area contributed by atoms with Crippen molar-refractivity contribution >= 4 is 58.2 Å². The summed E-state index contributed by atoms with van der Waals surface area (Å²) in [5.74, 6) is -5.60. The van der Waals surface area contributed by atoms with E-state index in [9.17, 15) is 48.3 Å². The number of aliphatic hydroxyl groups is 1. The van der Waals surface area contributed by atoms with Gasteiger partial charge in [-0.2, -0.15) is 0 Å². The molecule has 2 aromatic heterocycles. The molecule has 67 heavy (non-hydrogen) atoms. The molecule has 7 N–H and O–H groups in total.